The van der Waals surface area contributed by atoms with Crippen molar-refractivity contribution < 1.29 is 0 Å². The van der Waals surface area contributed by atoms with Gasteiger partial charge in [-0.25, -0.2) is 0 Å². The number of hydrogen-bond donors (Lipinski definition) is 2. The first-order valence-corrected chi connectivity index (χ1v) is 3.81. The van der Waals surface area contributed by atoms with E-state index in [1.807, 2.05) is 0 Å². The van der Waals surface area contributed by atoms with Crippen LogP contribution in [0.15, 0.2) is 12.3 Å². The Labute approximate surface area is 63.5 Å². The van der Waals surface area contributed by atoms with Crippen LogP contribution in [0, 0.1) is 5.92 Å². The van der Waals surface area contributed by atoms with Crippen molar-refractivity contribution in [1.29, 1.82) is 0 Å². The second-order valence-electron chi connectivity index (χ2n) is 2.75. The van der Waals surface area contributed by atoms with Crippen LogP contribution in [0.25, 0.3) is 0 Å². The predicted octanol–water partition coefficient (Wildman–Crippen LogP) is 1.09. The third-order valence-electron chi connectivity index (χ3n) is 1.43. The molecule has 0 aromatic heterocycles. The second-order valence-corrected chi connectivity index (χ2v) is 2.75. The summed E-state index contributed by atoms with van der Waals surface area (Å²) in [7, 11) is 0. The Bertz CT molecular complexity index is 97.4. The largest absolute Gasteiger partial charge is 0.389 e. The first kappa shape index (κ1) is 9.50. The number of nitrogens with one attached hydrogen (secondary N) is 1. The van der Waals surface area contributed by atoms with Gasteiger partial charge in [-0.3, -0.25) is 0 Å². The third kappa shape index (κ3) is 4.39. The van der Waals surface area contributed by atoms with Crippen molar-refractivity contribution >= 4 is 0 Å². The maximum absolute atomic E-state index is 5.32. The van der Waals surface area contributed by atoms with E-state index < -0.39 is 0 Å². The van der Waals surface area contributed by atoms with Gasteiger partial charge in [-0.15, -0.1) is 0 Å². The van der Waals surface area contributed by atoms with E-state index in [9.17, 15) is 0 Å². The zero-order chi connectivity index (χ0) is 7.98. The highest BCUT2D eigenvalue weighted by Gasteiger charge is 1.96. The molecule has 0 aliphatic rings. The lowest BCUT2D eigenvalue weighted by Gasteiger charge is -2.11. The molecule has 0 aromatic rings. The summed E-state index contributed by atoms with van der Waals surface area (Å²) in [6.45, 7) is 9.82. The molecule has 0 spiro atoms. The van der Waals surface area contributed by atoms with Crippen molar-refractivity contribution in [2.75, 3.05) is 13.1 Å². The van der Waals surface area contributed by atoms with Crippen molar-refractivity contribution in [3.63, 3.8) is 0 Å². The Morgan fingerprint density at radius 2 is 2.20 bits per heavy atom. The number of nitrogens with two attached hydrogens (primary N) is 1. The normalized spacial score (nSPS) is 10.0. The Hall–Kier alpha value is -0.500. The van der Waals surface area contributed by atoms with Gasteiger partial charge >= 0.3 is 0 Å². The molecule has 60 valence electrons. The first-order chi connectivity index (χ1) is 4.68. The van der Waals surface area contributed by atoms with E-state index in [0.29, 0.717) is 5.92 Å². The predicted molar refractivity (Wildman–Crippen MR) is 45.7 cm³/mol. The van der Waals surface area contributed by atoms with Crippen LogP contribution in [0.5, 0.6) is 0 Å². The minimum Gasteiger partial charge on any atom is -0.389 e. The molecule has 0 aliphatic heterocycles. The Balaban J connectivity index is 3.22. The maximum Gasteiger partial charge on any atom is 0.0155 e. The fourth-order valence-electron chi connectivity index (χ4n) is 0.555. The number of allylic oxidation sites excluding steroid dienone is 1. The van der Waals surface area contributed by atoms with Gasteiger partial charge in [0.05, 0.1) is 0 Å². The highest BCUT2D eigenvalue weighted by Crippen LogP contribution is 2.01. The molecule has 0 amide bonds. The summed E-state index contributed by atoms with van der Waals surface area (Å²) in [5, 5.41) is 3.21. The van der Waals surface area contributed by atoms with Crippen LogP contribution in [0.3, 0.4) is 0 Å². The van der Waals surface area contributed by atoms with E-state index in [1.165, 1.54) is 0 Å². The highest BCUT2D eigenvalue weighted by molar-refractivity contribution is 4.93. The van der Waals surface area contributed by atoms with Gasteiger partial charge in [0.2, 0.25) is 0 Å². The third-order valence-corrected chi connectivity index (χ3v) is 1.43. The van der Waals surface area contributed by atoms with Crippen LogP contribution in [0.1, 0.15) is 20.3 Å². The molecule has 0 unspecified atom stereocenters. The van der Waals surface area contributed by atoms with E-state index in [-0.39, 0.29) is 0 Å². The summed E-state index contributed by atoms with van der Waals surface area (Å²) in [6.07, 6.45) is 1.02. The van der Waals surface area contributed by atoms with Crippen molar-refractivity contribution in [3.05, 3.63) is 12.3 Å². The SMILES string of the molecule is C=C(NCCCN)C(C)C. The van der Waals surface area contributed by atoms with Crippen molar-refractivity contribution in [2.45, 2.75) is 20.3 Å². The molecule has 0 atom stereocenters. The molecular formula is C8H18N2. The van der Waals surface area contributed by atoms with Gasteiger partial charge in [-0.1, -0.05) is 20.4 Å². The molecule has 0 bridgehead atoms. The van der Waals surface area contributed by atoms with E-state index in [4.69, 9.17) is 5.73 Å². The molecule has 0 fully saturated rings. The van der Waals surface area contributed by atoms with E-state index >= 15 is 0 Å². The second kappa shape index (κ2) is 5.30. The van der Waals surface area contributed by atoms with Crippen molar-refractivity contribution in [1.82, 2.24) is 5.32 Å². The quantitative estimate of drug-likeness (QED) is 0.564. The number of hydrogen-bond acceptors (Lipinski definition) is 2. The molecule has 2 heteroatoms. The lowest BCUT2D eigenvalue weighted by molar-refractivity contribution is 0.638. The molecule has 0 aromatic carbocycles. The van der Waals surface area contributed by atoms with Crippen LogP contribution < -0.4 is 11.1 Å². The molecule has 0 rings (SSSR count). The lowest BCUT2D eigenvalue weighted by Crippen LogP contribution is -2.19. The minimum atomic E-state index is 0.526. The molecular weight excluding hydrogens is 124 g/mol. The fourth-order valence-corrected chi connectivity index (χ4v) is 0.555. The Morgan fingerprint density at radius 1 is 1.60 bits per heavy atom. The minimum absolute atomic E-state index is 0.526. The molecule has 10 heavy (non-hydrogen) atoms. The summed E-state index contributed by atoms with van der Waals surface area (Å²) < 4.78 is 0. The van der Waals surface area contributed by atoms with Gasteiger partial charge in [0, 0.05) is 12.2 Å². The Morgan fingerprint density at radius 3 is 2.60 bits per heavy atom. The molecule has 0 aliphatic carbocycles. The summed E-state index contributed by atoms with van der Waals surface area (Å²) in [5.41, 5.74) is 6.43. The van der Waals surface area contributed by atoms with E-state index in [2.05, 4.69) is 25.7 Å². The Kier molecular flexibility index (Phi) is 5.03. The van der Waals surface area contributed by atoms with Crippen LogP contribution in [0.4, 0.5) is 0 Å². The highest BCUT2D eigenvalue weighted by atomic mass is 14.9. The van der Waals surface area contributed by atoms with Crippen molar-refractivity contribution in [3.8, 4) is 0 Å². The van der Waals surface area contributed by atoms with Crippen LogP contribution >= 0.6 is 0 Å². The smallest absolute Gasteiger partial charge is 0.0155 e. The van der Waals surface area contributed by atoms with Gasteiger partial charge in [0.25, 0.3) is 0 Å². The zero-order valence-electron chi connectivity index (χ0n) is 6.98. The van der Waals surface area contributed by atoms with Gasteiger partial charge < -0.3 is 11.1 Å². The van der Waals surface area contributed by atoms with Crippen LogP contribution in [-0.4, -0.2) is 13.1 Å². The van der Waals surface area contributed by atoms with Crippen molar-refractivity contribution in [2.24, 2.45) is 11.7 Å². The van der Waals surface area contributed by atoms with E-state index in [0.717, 1.165) is 25.2 Å². The maximum atomic E-state index is 5.32. The molecule has 0 saturated heterocycles. The van der Waals surface area contributed by atoms with Gasteiger partial charge in [0.1, 0.15) is 0 Å². The zero-order valence-corrected chi connectivity index (χ0v) is 6.98. The standard InChI is InChI=1S/C8H18N2/c1-7(2)8(3)10-6-4-5-9/h7,10H,3-6,9H2,1-2H3. The van der Waals surface area contributed by atoms with Gasteiger partial charge in [-0.05, 0) is 18.9 Å². The monoisotopic (exact) mass is 142 g/mol. The van der Waals surface area contributed by atoms with Crippen LogP contribution in [0.2, 0.25) is 0 Å². The summed E-state index contributed by atoms with van der Waals surface area (Å²) in [5.74, 6) is 0.526. The molecule has 0 radical (unpaired) electrons. The van der Waals surface area contributed by atoms with Gasteiger partial charge in [0.15, 0.2) is 0 Å². The number of rotatable bonds is 5. The lowest BCUT2D eigenvalue weighted by atomic mass is 10.1. The average molecular weight is 142 g/mol. The summed E-state index contributed by atoms with van der Waals surface area (Å²) in [4.78, 5) is 0. The van der Waals surface area contributed by atoms with Gasteiger partial charge in [-0.2, -0.15) is 0 Å². The fraction of sp³-hybridized carbons (Fsp3) is 0.750. The molecule has 0 heterocycles. The first-order valence-electron chi connectivity index (χ1n) is 3.81. The molecule has 0 saturated carbocycles. The summed E-state index contributed by atoms with van der Waals surface area (Å²) in [6, 6.07) is 0. The van der Waals surface area contributed by atoms with Crippen LogP contribution in [-0.2, 0) is 0 Å². The molecule has 2 nitrogen and oxygen atoms in total. The summed E-state index contributed by atoms with van der Waals surface area (Å²) >= 11 is 0. The topological polar surface area (TPSA) is 38.0 Å². The van der Waals surface area contributed by atoms with E-state index in [1.54, 1.807) is 0 Å². The average Bonchev–Trinajstić information content (AvgIpc) is 1.88. The molecule has 3 N–H and O–H groups in total.